The number of aliphatic hydroxyl groups excluding tert-OH is 1. The Bertz CT molecular complexity index is 568. The maximum Gasteiger partial charge on any atom is 0.416 e. The Morgan fingerprint density at radius 3 is 2.42 bits per heavy atom. The van der Waals surface area contributed by atoms with Crippen molar-refractivity contribution < 1.29 is 23.0 Å². The van der Waals surface area contributed by atoms with Crippen LogP contribution >= 0.6 is 0 Å². The predicted molar refractivity (Wildman–Crippen MR) is 94.3 cm³/mol. The highest BCUT2D eigenvalue weighted by molar-refractivity contribution is 5.80. The molecule has 2 rings (SSSR count). The van der Waals surface area contributed by atoms with Crippen LogP contribution in [0.25, 0.3) is 0 Å². The summed E-state index contributed by atoms with van der Waals surface area (Å²) >= 11 is 0. The standard InChI is InChI=1S/C18H26F3N3O2/c1-2-22-17(24-14-5-7-15(25)8-6-14)23-11-12-26-16-9-3-13(4-10-16)18(19,20)21/h3-4,9-10,14-15,25H,2,5-8,11-12H2,1H3,(H2,22,23,24). The highest BCUT2D eigenvalue weighted by Crippen LogP contribution is 2.30. The zero-order valence-corrected chi connectivity index (χ0v) is 14.9. The Morgan fingerprint density at radius 1 is 1.19 bits per heavy atom. The topological polar surface area (TPSA) is 65.9 Å². The summed E-state index contributed by atoms with van der Waals surface area (Å²) in [7, 11) is 0. The molecule has 0 bridgehead atoms. The van der Waals surface area contributed by atoms with Gasteiger partial charge in [0.05, 0.1) is 18.2 Å². The molecule has 1 fully saturated rings. The number of hydrogen-bond acceptors (Lipinski definition) is 3. The number of benzene rings is 1. The van der Waals surface area contributed by atoms with Crippen LogP contribution in [-0.4, -0.2) is 42.9 Å². The van der Waals surface area contributed by atoms with Gasteiger partial charge in [0, 0.05) is 12.6 Å². The maximum atomic E-state index is 12.5. The Balaban J connectivity index is 1.78. The Hall–Kier alpha value is -1.96. The molecular formula is C18H26F3N3O2. The smallest absolute Gasteiger partial charge is 0.416 e. The van der Waals surface area contributed by atoms with Crippen LogP contribution in [0.15, 0.2) is 29.3 Å². The number of nitrogens with one attached hydrogen (secondary N) is 2. The maximum absolute atomic E-state index is 12.5. The molecule has 1 aliphatic carbocycles. The van der Waals surface area contributed by atoms with E-state index in [1.807, 2.05) is 6.92 Å². The number of halogens is 3. The van der Waals surface area contributed by atoms with Gasteiger partial charge in [-0.2, -0.15) is 13.2 Å². The van der Waals surface area contributed by atoms with E-state index in [2.05, 4.69) is 15.6 Å². The Kier molecular flexibility index (Phi) is 7.56. The van der Waals surface area contributed by atoms with E-state index in [0.717, 1.165) is 44.4 Å². The van der Waals surface area contributed by atoms with Gasteiger partial charge in [0.15, 0.2) is 5.96 Å². The monoisotopic (exact) mass is 373 g/mol. The van der Waals surface area contributed by atoms with Crippen LogP contribution < -0.4 is 15.4 Å². The molecule has 146 valence electrons. The summed E-state index contributed by atoms with van der Waals surface area (Å²) in [5, 5.41) is 16.1. The highest BCUT2D eigenvalue weighted by atomic mass is 19.4. The molecule has 0 heterocycles. The van der Waals surface area contributed by atoms with E-state index in [1.54, 1.807) is 0 Å². The fourth-order valence-electron chi connectivity index (χ4n) is 2.79. The third-order valence-corrected chi connectivity index (χ3v) is 4.19. The first-order chi connectivity index (χ1) is 12.4. The lowest BCUT2D eigenvalue weighted by molar-refractivity contribution is -0.137. The minimum atomic E-state index is -4.34. The Morgan fingerprint density at radius 2 is 1.85 bits per heavy atom. The molecule has 3 N–H and O–H groups in total. The van der Waals surface area contributed by atoms with Crippen LogP contribution in [0.2, 0.25) is 0 Å². The van der Waals surface area contributed by atoms with Crippen molar-refractivity contribution in [2.75, 3.05) is 19.7 Å². The molecule has 0 aliphatic heterocycles. The summed E-state index contributed by atoms with van der Waals surface area (Å²) < 4.78 is 43.0. The van der Waals surface area contributed by atoms with E-state index in [0.29, 0.717) is 18.3 Å². The molecule has 1 aromatic rings. The molecule has 0 atom stereocenters. The van der Waals surface area contributed by atoms with Crippen molar-refractivity contribution in [1.29, 1.82) is 0 Å². The van der Waals surface area contributed by atoms with Crippen molar-refractivity contribution in [1.82, 2.24) is 10.6 Å². The molecule has 0 spiro atoms. The summed E-state index contributed by atoms with van der Waals surface area (Å²) in [6.45, 7) is 3.35. The van der Waals surface area contributed by atoms with Gasteiger partial charge >= 0.3 is 6.18 Å². The molecule has 8 heteroatoms. The zero-order chi connectivity index (χ0) is 19.0. The van der Waals surface area contributed by atoms with Gasteiger partial charge in [0.25, 0.3) is 0 Å². The molecule has 26 heavy (non-hydrogen) atoms. The van der Waals surface area contributed by atoms with Crippen molar-refractivity contribution in [2.24, 2.45) is 4.99 Å². The molecule has 0 unspecified atom stereocenters. The van der Waals surface area contributed by atoms with E-state index in [9.17, 15) is 18.3 Å². The average molecular weight is 373 g/mol. The van der Waals surface area contributed by atoms with Crippen LogP contribution in [0.1, 0.15) is 38.2 Å². The van der Waals surface area contributed by atoms with Crippen molar-refractivity contribution in [2.45, 2.75) is 50.9 Å². The van der Waals surface area contributed by atoms with E-state index in [1.165, 1.54) is 12.1 Å². The third kappa shape index (κ3) is 6.74. The quantitative estimate of drug-likeness (QED) is 0.408. The fourth-order valence-corrected chi connectivity index (χ4v) is 2.79. The van der Waals surface area contributed by atoms with Gasteiger partial charge in [-0.1, -0.05) is 0 Å². The van der Waals surface area contributed by atoms with Gasteiger partial charge in [-0.05, 0) is 56.9 Å². The fraction of sp³-hybridized carbons (Fsp3) is 0.611. The number of aliphatic hydroxyl groups is 1. The van der Waals surface area contributed by atoms with Crippen molar-refractivity contribution >= 4 is 5.96 Å². The largest absolute Gasteiger partial charge is 0.492 e. The van der Waals surface area contributed by atoms with Gasteiger partial charge in [-0.25, -0.2) is 4.99 Å². The highest BCUT2D eigenvalue weighted by Gasteiger charge is 2.30. The van der Waals surface area contributed by atoms with Crippen LogP contribution in [0.3, 0.4) is 0 Å². The number of rotatable bonds is 6. The second-order valence-corrected chi connectivity index (χ2v) is 6.28. The minimum absolute atomic E-state index is 0.204. The molecule has 1 aliphatic rings. The Labute approximate surface area is 151 Å². The second kappa shape index (κ2) is 9.66. The first-order valence-corrected chi connectivity index (χ1v) is 8.91. The number of alkyl halides is 3. The number of hydrogen-bond donors (Lipinski definition) is 3. The SMILES string of the molecule is CCNC(=NCCOc1ccc(C(F)(F)F)cc1)NC1CCC(O)CC1. The molecule has 0 radical (unpaired) electrons. The van der Waals surface area contributed by atoms with Crippen LogP contribution in [0.5, 0.6) is 5.75 Å². The molecule has 5 nitrogen and oxygen atoms in total. The summed E-state index contributed by atoms with van der Waals surface area (Å²) in [4.78, 5) is 4.43. The molecule has 1 aromatic carbocycles. The van der Waals surface area contributed by atoms with E-state index >= 15 is 0 Å². The van der Waals surface area contributed by atoms with E-state index in [-0.39, 0.29) is 18.8 Å². The lowest BCUT2D eigenvalue weighted by Gasteiger charge is -2.27. The summed E-state index contributed by atoms with van der Waals surface area (Å²) in [5.41, 5.74) is -0.695. The van der Waals surface area contributed by atoms with Crippen LogP contribution in [0.4, 0.5) is 13.2 Å². The van der Waals surface area contributed by atoms with Crippen molar-refractivity contribution in [3.63, 3.8) is 0 Å². The third-order valence-electron chi connectivity index (χ3n) is 4.19. The number of ether oxygens (including phenoxy) is 1. The number of aliphatic imine (C=N–C) groups is 1. The zero-order valence-electron chi connectivity index (χ0n) is 14.9. The number of guanidine groups is 1. The average Bonchev–Trinajstić information content (AvgIpc) is 2.60. The molecule has 0 aromatic heterocycles. The van der Waals surface area contributed by atoms with E-state index in [4.69, 9.17) is 4.74 Å². The summed E-state index contributed by atoms with van der Waals surface area (Å²) in [6.07, 6.45) is -1.18. The molecule has 0 saturated heterocycles. The minimum Gasteiger partial charge on any atom is -0.492 e. The summed E-state index contributed by atoms with van der Waals surface area (Å²) in [6, 6.07) is 4.91. The van der Waals surface area contributed by atoms with Gasteiger partial charge in [-0.3, -0.25) is 0 Å². The van der Waals surface area contributed by atoms with Crippen LogP contribution in [0, 0.1) is 0 Å². The normalized spacial score (nSPS) is 21.3. The van der Waals surface area contributed by atoms with Gasteiger partial charge in [-0.15, -0.1) is 0 Å². The van der Waals surface area contributed by atoms with Gasteiger partial charge < -0.3 is 20.5 Å². The predicted octanol–water partition coefficient (Wildman–Crippen LogP) is 2.94. The van der Waals surface area contributed by atoms with Crippen LogP contribution in [-0.2, 0) is 6.18 Å². The summed E-state index contributed by atoms with van der Waals surface area (Å²) in [5.74, 6) is 1.07. The first kappa shape index (κ1) is 20.4. The number of nitrogens with zero attached hydrogens (tertiary/aromatic N) is 1. The first-order valence-electron chi connectivity index (χ1n) is 8.91. The molecule has 1 saturated carbocycles. The van der Waals surface area contributed by atoms with Gasteiger partial charge in [0.1, 0.15) is 12.4 Å². The van der Waals surface area contributed by atoms with Crippen molar-refractivity contribution in [3.05, 3.63) is 29.8 Å². The second-order valence-electron chi connectivity index (χ2n) is 6.28. The molecular weight excluding hydrogens is 347 g/mol. The van der Waals surface area contributed by atoms with Crippen molar-refractivity contribution in [3.8, 4) is 5.75 Å². The van der Waals surface area contributed by atoms with Gasteiger partial charge in [0.2, 0.25) is 0 Å². The lowest BCUT2D eigenvalue weighted by atomic mass is 9.93. The van der Waals surface area contributed by atoms with E-state index < -0.39 is 11.7 Å². The lowest BCUT2D eigenvalue weighted by Crippen LogP contribution is -2.45. The molecule has 0 amide bonds.